The molecule has 0 fully saturated rings. The molecule has 0 aromatic carbocycles. The third-order valence-corrected chi connectivity index (χ3v) is 2.47. The van der Waals surface area contributed by atoms with Gasteiger partial charge >= 0.3 is 6.03 Å². The van der Waals surface area contributed by atoms with Crippen LogP contribution >= 0.6 is 23.2 Å². The molecule has 0 aliphatic carbocycles. The molecule has 2 rings (SSSR count). The number of anilines is 1. The summed E-state index contributed by atoms with van der Waals surface area (Å²) in [6, 6.07) is 5.99. The first kappa shape index (κ1) is 14.2. The number of carbonyl (C=O) groups is 1. The molecule has 8 heteroatoms. The van der Waals surface area contributed by atoms with Crippen LogP contribution in [0, 0.1) is 0 Å². The molecule has 0 saturated carbocycles. The van der Waals surface area contributed by atoms with E-state index in [0.717, 1.165) is 5.56 Å². The molecule has 2 amide bonds. The summed E-state index contributed by atoms with van der Waals surface area (Å²) in [5, 5.41) is 6.67. The van der Waals surface area contributed by atoms with Crippen molar-refractivity contribution in [1.29, 1.82) is 0 Å². The van der Waals surface area contributed by atoms with Crippen molar-refractivity contribution in [2.45, 2.75) is 0 Å². The van der Waals surface area contributed by atoms with Gasteiger partial charge in [-0.25, -0.2) is 15.2 Å². The number of rotatable bonds is 3. The van der Waals surface area contributed by atoms with Crippen LogP contribution in [0.5, 0.6) is 0 Å². The van der Waals surface area contributed by atoms with Crippen molar-refractivity contribution >= 4 is 41.1 Å². The van der Waals surface area contributed by atoms with Crippen molar-refractivity contribution < 1.29 is 4.79 Å². The van der Waals surface area contributed by atoms with Gasteiger partial charge in [0.2, 0.25) is 0 Å². The zero-order valence-electron chi connectivity index (χ0n) is 10.0. The summed E-state index contributed by atoms with van der Waals surface area (Å²) in [5.74, 6) is 0. The van der Waals surface area contributed by atoms with Crippen LogP contribution in [0.2, 0.25) is 10.3 Å². The monoisotopic (exact) mass is 309 g/mol. The van der Waals surface area contributed by atoms with Crippen LogP contribution in [0.3, 0.4) is 0 Å². The van der Waals surface area contributed by atoms with Gasteiger partial charge in [-0.1, -0.05) is 29.3 Å². The van der Waals surface area contributed by atoms with Gasteiger partial charge in [0.05, 0.1) is 6.21 Å². The van der Waals surface area contributed by atoms with Crippen LogP contribution in [0.1, 0.15) is 5.56 Å². The molecular weight excluding hydrogens is 301 g/mol. The molecule has 0 spiro atoms. The van der Waals surface area contributed by atoms with E-state index in [2.05, 4.69) is 25.8 Å². The highest BCUT2D eigenvalue weighted by Crippen LogP contribution is 2.18. The molecule has 0 unspecified atom stereocenters. The average Bonchev–Trinajstić information content (AvgIpc) is 2.38. The molecular formula is C12H9Cl2N5O. The van der Waals surface area contributed by atoms with Crippen LogP contribution in [-0.4, -0.2) is 22.2 Å². The van der Waals surface area contributed by atoms with E-state index in [4.69, 9.17) is 23.2 Å². The Labute approximate surface area is 124 Å². The summed E-state index contributed by atoms with van der Waals surface area (Å²) in [7, 11) is 0. The number of nitrogens with one attached hydrogen (secondary N) is 2. The Morgan fingerprint density at radius 2 is 2.05 bits per heavy atom. The van der Waals surface area contributed by atoms with Crippen LogP contribution in [0.4, 0.5) is 10.5 Å². The number of hydrogen-bond donors (Lipinski definition) is 2. The number of amides is 2. The lowest BCUT2D eigenvalue weighted by atomic mass is 10.3. The van der Waals surface area contributed by atoms with Gasteiger partial charge in [0.1, 0.15) is 10.3 Å². The van der Waals surface area contributed by atoms with Crippen molar-refractivity contribution in [3.05, 3.63) is 52.5 Å². The predicted octanol–water partition coefficient (Wildman–Crippen LogP) is 2.94. The summed E-state index contributed by atoms with van der Waals surface area (Å²) < 4.78 is 0. The summed E-state index contributed by atoms with van der Waals surface area (Å²) in [4.78, 5) is 19.2. The van der Waals surface area contributed by atoms with E-state index in [1.54, 1.807) is 24.5 Å². The maximum Gasteiger partial charge on any atom is 0.339 e. The fraction of sp³-hybridized carbons (Fsp3) is 0. The molecule has 0 atom stereocenters. The molecule has 2 heterocycles. The van der Waals surface area contributed by atoms with E-state index in [0.29, 0.717) is 5.69 Å². The highest BCUT2D eigenvalue weighted by atomic mass is 35.5. The Kier molecular flexibility index (Phi) is 4.86. The minimum atomic E-state index is -0.525. The number of carbonyl (C=O) groups excluding carboxylic acids is 1. The van der Waals surface area contributed by atoms with Crippen molar-refractivity contribution in [3.8, 4) is 0 Å². The Morgan fingerprint density at radius 1 is 1.30 bits per heavy atom. The molecule has 2 aromatic heterocycles. The molecule has 2 aromatic rings. The lowest BCUT2D eigenvalue weighted by molar-refractivity contribution is 0.252. The van der Waals surface area contributed by atoms with Gasteiger partial charge in [-0.15, -0.1) is 0 Å². The summed E-state index contributed by atoms with van der Waals surface area (Å²) in [6.45, 7) is 0. The van der Waals surface area contributed by atoms with Gasteiger partial charge in [0.25, 0.3) is 0 Å². The lowest BCUT2D eigenvalue weighted by Gasteiger charge is -2.04. The van der Waals surface area contributed by atoms with Crippen LogP contribution in [-0.2, 0) is 0 Å². The highest BCUT2D eigenvalue weighted by molar-refractivity contribution is 6.32. The molecule has 0 radical (unpaired) electrons. The van der Waals surface area contributed by atoms with Crippen LogP contribution < -0.4 is 10.7 Å². The van der Waals surface area contributed by atoms with E-state index < -0.39 is 6.03 Å². The van der Waals surface area contributed by atoms with Gasteiger partial charge < -0.3 is 5.32 Å². The Bertz CT molecular complexity index is 613. The van der Waals surface area contributed by atoms with Crippen molar-refractivity contribution in [1.82, 2.24) is 15.4 Å². The first-order valence-electron chi connectivity index (χ1n) is 5.46. The first-order valence-corrected chi connectivity index (χ1v) is 6.22. The minimum absolute atomic E-state index is 0.187. The maximum atomic E-state index is 11.6. The van der Waals surface area contributed by atoms with E-state index in [1.165, 1.54) is 18.3 Å². The summed E-state index contributed by atoms with van der Waals surface area (Å²) >= 11 is 11.4. The fourth-order valence-electron chi connectivity index (χ4n) is 1.31. The number of hydrogen-bond acceptors (Lipinski definition) is 4. The van der Waals surface area contributed by atoms with Crippen molar-refractivity contribution in [3.63, 3.8) is 0 Å². The number of aromatic nitrogens is 2. The van der Waals surface area contributed by atoms with E-state index in [1.807, 2.05) is 0 Å². The summed E-state index contributed by atoms with van der Waals surface area (Å²) in [6.07, 6.45) is 4.74. The Morgan fingerprint density at radius 3 is 2.70 bits per heavy atom. The number of halogens is 2. The van der Waals surface area contributed by atoms with Crippen LogP contribution in [0.15, 0.2) is 41.8 Å². The normalized spacial score (nSPS) is 10.5. The molecule has 20 heavy (non-hydrogen) atoms. The summed E-state index contributed by atoms with van der Waals surface area (Å²) in [5.41, 5.74) is 3.49. The molecule has 6 nitrogen and oxygen atoms in total. The number of pyridine rings is 2. The number of nitrogens with zero attached hydrogens (tertiary/aromatic N) is 3. The van der Waals surface area contributed by atoms with Crippen molar-refractivity contribution in [2.24, 2.45) is 5.10 Å². The quantitative estimate of drug-likeness (QED) is 0.520. The molecule has 102 valence electrons. The van der Waals surface area contributed by atoms with Gasteiger partial charge in [-0.3, -0.25) is 4.98 Å². The highest BCUT2D eigenvalue weighted by Gasteiger charge is 2.03. The second kappa shape index (κ2) is 6.83. The van der Waals surface area contributed by atoms with Gasteiger partial charge in [-0.05, 0) is 18.2 Å². The number of urea groups is 1. The third kappa shape index (κ3) is 4.49. The molecule has 0 bridgehead atoms. The van der Waals surface area contributed by atoms with E-state index in [-0.39, 0.29) is 10.3 Å². The first-order chi connectivity index (χ1) is 9.63. The molecule has 0 aliphatic heterocycles. The smallest absolute Gasteiger partial charge is 0.306 e. The van der Waals surface area contributed by atoms with E-state index in [9.17, 15) is 4.79 Å². The molecule has 0 saturated heterocycles. The Hall–Kier alpha value is -2.18. The average molecular weight is 310 g/mol. The molecule has 0 aliphatic rings. The van der Waals surface area contributed by atoms with Gasteiger partial charge in [-0.2, -0.15) is 5.10 Å². The predicted molar refractivity (Wildman–Crippen MR) is 78.2 cm³/mol. The lowest BCUT2D eigenvalue weighted by Crippen LogP contribution is -2.24. The zero-order chi connectivity index (χ0) is 14.4. The minimum Gasteiger partial charge on any atom is -0.306 e. The second-order valence-corrected chi connectivity index (χ2v) is 4.39. The largest absolute Gasteiger partial charge is 0.339 e. The number of hydrazone groups is 1. The molecule has 2 N–H and O–H groups in total. The van der Waals surface area contributed by atoms with Gasteiger partial charge in [0, 0.05) is 23.6 Å². The van der Waals surface area contributed by atoms with Crippen LogP contribution in [0.25, 0.3) is 0 Å². The SMILES string of the molecule is O=C(N/N=C\c1cccnc1)Nc1cc(Cl)nc(Cl)c1. The van der Waals surface area contributed by atoms with Gasteiger partial charge in [0.15, 0.2) is 0 Å². The van der Waals surface area contributed by atoms with E-state index >= 15 is 0 Å². The fourth-order valence-corrected chi connectivity index (χ4v) is 1.77. The second-order valence-electron chi connectivity index (χ2n) is 3.61. The topological polar surface area (TPSA) is 79.3 Å². The Balaban J connectivity index is 1.91. The third-order valence-electron chi connectivity index (χ3n) is 2.08. The van der Waals surface area contributed by atoms with Crippen molar-refractivity contribution in [2.75, 3.05) is 5.32 Å². The zero-order valence-corrected chi connectivity index (χ0v) is 11.6. The standard InChI is InChI=1S/C12H9Cl2N5O/c13-10-4-9(5-11(14)18-10)17-12(20)19-16-7-8-2-1-3-15-6-8/h1-7H,(H2,17,18,19,20)/b16-7-. The maximum absolute atomic E-state index is 11.6.